The van der Waals surface area contributed by atoms with E-state index in [-0.39, 0.29) is 11.4 Å². The smallest absolute Gasteiger partial charge is 0.310 e. The Hall–Kier alpha value is -2.67. The highest BCUT2D eigenvalue weighted by Crippen LogP contribution is 2.44. The molecule has 0 saturated heterocycles. The van der Waals surface area contributed by atoms with Crippen LogP contribution in [0.1, 0.15) is 81.7 Å². The van der Waals surface area contributed by atoms with Crippen LogP contribution < -0.4 is 9.47 Å². The van der Waals surface area contributed by atoms with Crippen LogP contribution in [0.5, 0.6) is 11.7 Å². The Morgan fingerprint density at radius 3 is 2.45 bits per heavy atom. The zero-order valence-corrected chi connectivity index (χ0v) is 18.1. The highest BCUT2D eigenvalue weighted by atomic mass is 16.6. The Kier molecular flexibility index (Phi) is 6.37. The van der Waals surface area contributed by atoms with E-state index in [4.69, 9.17) is 13.9 Å². The van der Waals surface area contributed by atoms with Crippen molar-refractivity contribution in [1.29, 1.82) is 0 Å². The summed E-state index contributed by atoms with van der Waals surface area (Å²) in [5.74, 6) is 7.31. The van der Waals surface area contributed by atoms with Crippen LogP contribution in [0.25, 0.3) is 0 Å². The minimum atomic E-state index is -0.416. The van der Waals surface area contributed by atoms with Gasteiger partial charge in [0.05, 0.1) is 12.9 Å². The molecule has 0 aliphatic carbocycles. The fourth-order valence-electron chi connectivity index (χ4n) is 4.14. The summed E-state index contributed by atoms with van der Waals surface area (Å²) in [4.78, 5) is 11.4. The Morgan fingerprint density at radius 1 is 1.10 bits per heavy atom. The predicted octanol–water partition coefficient (Wildman–Crippen LogP) is 5.57. The molecule has 0 unspecified atom stereocenters. The lowest BCUT2D eigenvalue weighted by atomic mass is 9.71. The van der Waals surface area contributed by atoms with Gasteiger partial charge in [0.2, 0.25) is 0 Å². The molecule has 2 aromatic rings. The Labute approximate surface area is 173 Å². The van der Waals surface area contributed by atoms with Gasteiger partial charge in [-0.25, -0.2) is 0 Å². The van der Waals surface area contributed by atoms with Crippen LogP contribution in [0.3, 0.4) is 0 Å². The molecule has 4 heteroatoms. The van der Waals surface area contributed by atoms with Crippen molar-refractivity contribution in [2.45, 2.75) is 72.1 Å². The zero-order chi connectivity index (χ0) is 21.0. The maximum Gasteiger partial charge on any atom is 0.310 e. The van der Waals surface area contributed by atoms with Crippen molar-refractivity contribution >= 4 is 5.97 Å². The van der Waals surface area contributed by atoms with E-state index in [1.54, 1.807) is 6.26 Å². The molecule has 1 aliphatic rings. The first kappa shape index (κ1) is 21.0. The van der Waals surface area contributed by atoms with Gasteiger partial charge in [0, 0.05) is 29.0 Å². The SMILES string of the molecule is CCc1cc2c(cc1C#Cc1c(CC)coc1OC(C)=O)C(CC)(CC)CCO2. The third kappa shape index (κ3) is 4.05. The largest absolute Gasteiger partial charge is 0.493 e. The number of furan rings is 1. The predicted molar refractivity (Wildman–Crippen MR) is 114 cm³/mol. The summed E-state index contributed by atoms with van der Waals surface area (Å²) in [5, 5.41) is 0. The molecule has 1 aliphatic heterocycles. The van der Waals surface area contributed by atoms with Crippen molar-refractivity contribution in [3.05, 3.63) is 46.2 Å². The number of ether oxygens (including phenoxy) is 2. The minimum absolute atomic E-state index is 0.142. The van der Waals surface area contributed by atoms with Crippen LogP contribution in [0.4, 0.5) is 0 Å². The number of carbonyl (C=O) groups is 1. The molecule has 1 aromatic heterocycles. The maximum atomic E-state index is 11.4. The van der Waals surface area contributed by atoms with Crippen LogP contribution in [0.2, 0.25) is 0 Å². The van der Waals surface area contributed by atoms with Gasteiger partial charge in [0.15, 0.2) is 0 Å². The van der Waals surface area contributed by atoms with Gasteiger partial charge in [-0.2, -0.15) is 0 Å². The topological polar surface area (TPSA) is 48.7 Å². The van der Waals surface area contributed by atoms with Gasteiger partial charge in [0.1, 0.15) is 11.3 Å². The number of hydrogen-bond acceptors (Lipinski definition) is 4. The summed E-state index contributed by atoms with van der Waals surface area (Å²) in [6.45, 7) is 10.8. The average Bonchev–Trinajstić information content (AvgIpc) is 3.11. The number of rotatable bonds is 5. The van der Waals surface area contributed by atoms with E-state index in [1.807, 2.05) is 6.92 Å². The van der Waals surface area contributed by atoms with Crippen LogP contribution >= 0.6 is 0 Å². The monoisotopic (exact) mass is 394 g/mol. The van der Waals surface area contributed by atoms with Gasteiger partial charge in [-0.3, -0.25) is 4.79 Å². The van der Waals surface area contributed by atoms with Crippen molar-refractivity contribution in [2.24, 2.45) is 0 Å². The van der Waals surface area contributed by atoms with E-state index in [0.29, 0.717) is 5.56 Å². The number of benzene rings is 1. The lowest BCUT2D eigenvalue weighted by Crippen LogP contribution is -2.32. The van der Waals surface area contributed by atoms with Crippen molar-refractivity contribution < 1.29 is 18.7 Å². The van der Waals surface area contributed by atoms with Gasteiger partial charge in [0.25, 0.3) is 0 Å². The minimum Gasteiger partial charge on any atom is -0.493 e. The second kappa shape index (κ2) is 8.78. The second-order valence-electron chi connectivity index (χ2n) is 7.57. The highest BCUT2D eigenvalue weighted by molar-refractivity contribution is 5.70. The average molecular weight is 395 g/mol. The first-order valence-corrected chi connectivity index (χ1v) is 10.6. The van der Waals surface area contributed by atoms with Crippen molar-refractivity contribution in [1.82, 2.24) is 0 Å². The molecule has 3 rings (SSSR count). The number of fused-ring (bicyclic) bond motifs is 1. The summed E-state index contributed by atoms with van der Waals surface area (Å²) in [6, 6.07) is 4.37. The highest BCUT2D eigenvalue weighted by Gasteiger charge is 2.35. The molecule has 0 atom stereocenters. The molecule has 0 radical (unpaired) electrons. The fraction of sp³-hybridized carbons (Fsp3) is 0.480. The van der Waals surface area contributed by atoms with Crippen molar-refractivity contribution in [3.8, 4) is 23.5 Å². The first-order chi connectivity index (χ1) is 14.0. The fourth-order valence-corrected chi connectivity index (χ4v) is 4.14. The summed E-state index contributed by atoms with van der Waals surface area (Å²) in [7, 11) is 0. The standard InChI is InChI=1S/C25H30O4/c1-6-18-15-23-22(25(8-3,9-4)12-13-27-23)14-20(18)10-11-21-19(7-2)16-28-24(21)29-17(5)26/h14-16H,6-9,12-13H2,1-5H3. The van der Waals surface area contributed by atoms with E-state index in [9.17, 15) is 4.79 Å². The number of esters is 1. The Balaban J connectivity index is 2.10. The second-order valence-corrected chi connectivity index (χ2v) is 7.57. The van der Waals surface area contributed by atoms with E-state index in [2.05, 4.69) is 44.7 Å². The third-order valence-corrected chi connectivity index (χ3v) is 6.12. The van der Waals surface area contributed by atoms with Crippen LogP contribution in [0, 0.1) is 11.8 Å². The third-order valence-electron chi connectivity index (χ3n) is 6.12. The summed E-state index contributed by atoms with van der Waals surface area (Å²) in [6.07, 6.45) is 6.43. The number of carbonyl (C=O) groups excluding carboxylic acids is 1. The van der Waals surface area contributed by atoms with Gasteiger partial charge >= 0.3 is 11.9 Å². The summed E-state index contributed by atoms with van der Waals surface area (Å²) in [5.41, 5.74) is 5.15. The lowest BCUT2D eigenvalue weighted by Gasteiger charge is -2.38. The molecule has 154 valence electrons. The van der Waals surface area contributed by atoms with Gasteiger partial charge in [-0.1, -0.05) is 39.5 Å². The molecule has 1 aromatic carbocycles. The quantitative estimate of drug-likeness (QED) is 0.491. The van der Waals surface area contributed by atoms with Crippen LogP contribution in [0.15, 0.2) is 22.8 Å². The molecule has 2 heterocycles. The van der Waals surface area contributed by atoms with Crippen molar-refractivity contribution in [3.63, 3.8) is 0 Å². The molecular weight excluding hydrogens is 364 g/mol. The lowest BCUT2D eigenvalue weighted by molar-refractivity contribution is -0.133. The molecule has 0 fully saturated rings. The summed E-state index contributed by atoms with van der Waals surface area (Å²) < 4.78 is 16.6. The zero-order valence-electron chi connectivity index (χ0n) is 18.1. The first-order valence-electron chi connectivity index (χ1n) is 10.6. The maximum absolute atomic E-state index is 11.4. The van der Waals surface area contributed by atoms with Crippen LogP contribution in [-0.4, -0.2) is 12.6 Å². The van der Waals surface area contributed by atoms with Crippen molar-refractivity contribution in [2.75, 3.05) is 6.61 Å². The van der Waals surface area contributed by atoms with E-state index in [1.165, 1.54) is 12.5 Å². The molecule has 0 N–H and O–H groups in total. The molecule has 0 saturated carbocycles. The number of hydrogen-bond donors (Lipinski definition) is 0. The normalized spacial score (nSPS) is 14.4. The molecule has 0 bridgehead atoms. The van der Waals surface area contributed by atoms with Gasteiger partial charge < -0.3 is 13.9 Å². The number of aryl methyl sites for hydroxylation is 2. The van der Waals surface area contributed by atoms with Gasteiger partial charge in [-0.15, -0.1) is 0 Å². The van der Waals surface area contributed by atoms with Gasteiger partial charge in [-0.05, 0) is 49.8 Å². The molecule has 0 spiro atoms. The molecule has 4 nitrogen and oxygen atoms in total. The Morgan fingerprint density at radius 2 is 1.83 bits per heavy atom. The van der Waals surface area contributed by atoms with Crippen LogP contribution in [-0.2, 0) is 23.1 Å². The Bertz CT molecular complexity index is 951. The van der Waals surface area contributed by atoms with E-state index in [0.717, 1.165) is 61.2 Å². The van der Waals surface area contributed by atoms with E-state index < -0.39 is 5.97 Å². The summed E-state index contributed by atoms with van der Waals surface area (Å²) >= 11 is 0. The molecule has 0 amide bonds. The van der Waals surface area contributed by atoms with E-state index >= 15 is 0 Å². The molecule has 29 heavy (non-hydrogen) atoms. The molecular formula is C25H30O4.